The van der Waals surface area contributed by atoms with Gasteiger partial charge in [-0.3, -0.25) is 0 Å². The number of nitrogens with zero attached hydrogens (tertiary/aromatic N) is 3. The maximum absolute atomic E-state index is 11.4. The second kappa shape index (κ2) is 4.32. The minimum atomic E-state index is -3.25. The summed E-state index contributed by atoms with van der Waals surface area (Å²) in [4.78, 5) is 8.78. The molecule has 0 aliphatic heterocycles. The summed E-state index contributed by atoms with van der Waals surface area (Å²) in [5, 5.41) is 3.28. The topological polar surface area (TPSA) is 112 Å². The van der Waals surface area contributed by atoms with Crippen LogP contribution in [0.15, 0.2) is 4.52 Å². The average molecular weight is 288 g/mol. The van der Waals surface area contributed by atoms with E-state index in [1.807, 2.05) is 0 Å². The zero-order valence-electron chi connectivity index (χ0n) is 10.0. The Kier molecular flexibility index (Phi) is 3.11. The number of anilines is 1. The highest BCUT2D eigenvalue weighted by atomic mass is 32.2. The first-order valence-electron chi connectivity index (χ1n) is 5.04. The van der Waals surface area contributed by atoms with Gasteiger partial charge in [0.1, 0.15) is 10.1 Å². The van der Waals surface area contributed by atoms with Crippen molar-refractivity contribution in [2.24, 2.45) is 0 Å². The van der Waals surface area contributed by atoms with Gasteiger partial charge in [0.15, 0.2) is 20.8 Å². The maximum atomic E-state index is 11.4. The van der Waals surface area contributed by atoms with Crippen molar-refractivity contribution >= 4 is 26.3 Å². The van der Waals surface area contributed by atoms with Gasteiger partial charge in [0, 0.05) is 6.26 Å². The first-order chi connectivity index (χ1) is 8.29. The summed E-state index contributed by atoms with van der Waals surface area (Å²) in [6.45, 7) is 3.28. The van der Waals surface area contributed by atoms with E-state index < -0.39 is 15.1 Å². The number of thiazole rings is 1. The lowest BCUT2D eigenvalue weighted by molar-refractivity contribution is 0.422. The number of rotatable bonds is 3. The van der Waals surface area contributed by atoms with E-state index in [1.54, 1.807) is 6.92 Å². The highest BCUT2D eigenvalue weighted by molar-refractivity contribution is 7.90. The molecule has 2 heterocycles. The largest absolute Gasteiger partial charge is 0.375 e. The highest BCUT2D eigenvalue weighted by Gasteiger charge is 2.24. The van der Waals surface area contributed by atoms with E-state index in [1.165, 1.54) is 18.3 Å². The lowest BCUT2D eigenvalue weighted by Gasteiger charge is -2.01. The summed E-state index contributed by atoms with van der Waals surface area (Å²) in [6, 6.07) is 0. The van der Waals surface area contributed by atoms with Gasteiger partial charge in [0.25, 0.3) is 5.89 Å². The Morgan fingerprint density at radius 3 is 2.56 bits per heavy atom. The highest BCUT2D eigenvalue weighted by Crippen LogP contribution is 2.31. The molecule has 98 valence electrons. The van der Waals surface area contributed by atoms with Crippen molar-refractivity contribution < 1.29 is 12.9 Å². The van der Waals surface area contributed by atoms with Crippen molar-refractivity contribution in [3.63, 3.8) is 0 Å². The molecule has 18 heavy (non-hydrogen) atoms. The molecule has 2 aromatic heterocycles. The quantitative estimate of drug-likeness (QED) is 0.902. The van der Waals surface area contributed by atoms with Crippen LogP contribution in [0.25, 0.3) is 10.8 Å². The van der Waals surface area contributed by atoms with E-state index in [4.69, 9.17) is 10.3 Å². The van der Waals surface area contributed by atoms with E-state index in [0.717, 1.165) is 6.26 Å². The molecular formula is C9H12N4O3S2. The van der Waals surface area contributed by atoms with Crippen LogP contribution < -0.4 is 5.73 Å². The molecule has 2 rings (SSSR count). The summed E-state index contributed by atoms with van der Waals surface area (Å²) < 4.78 is 27.8. The van der Waals surface area contributed by atoms with Crippen LogP contribution in [0.4, 0.5) is 5.13 Å². The van der Waals surface area contributed by atoms with Crippen LogP contribution in [0.5, 0.6) is 0 Å². The third kappa shape index (κ3) is 2.36. The Labute approximate surface area is 108 Å². The summed E-state index contributed by atoms with van der Waals surface area (Å²) in [5.41, 5.74) is 6.25. The van der Waals surface area contributed by atoms with Gasteiger partial charge in [0.05, 0.1) is 5.69 Å². The smallest absolute Gasteiger partial charge is 0.270 e. The fourth-order valence-corrected chi connectivity index (χ4v) is 2.53. The van der Waals surface area contributed by atoms with Crippen molar-refractivity contribution in [1.82, 2.24) is 15.1 Å². The fourth-order valence-electron chi connectivity index (χ4n) is 1.30. The predicted octanol–water partition coefficient (Wildman–Crippen LogP) is 1.19. The molecule has 0 aliphatic carbocycles. The molecule has 0 spiro atoms. The lowest BCUT2D eigenvalue weighted by atomic mass is 10.4. The van der Waals surface area contributed by atoms with Gasteiger partial charge < -0.3 is 10.3 Å². The molecule has 9 heteroatoms. The second-order valence-electron chi connectivity index (χ2n) is 3.90. The number of nitrogen functional groups attached to an aromatic ring is 1. The molecule has 2 aromatic rings. The monoisotopic (exact) mass is 288 g/mol. The first kappa shape index (κ1) is 13.0. The molecule has 0 fully saturated rings. The Balaban J connectivity index is 2.40. The van der Waals surface area contributed by atoms with Gasteiger partial charge in [-0.25, -0.2) is 13.4 Å². The van der Waals surface area contributed by atoms with E-state index in [2.05, 4.69) is 15.1 Å². The van der Waals surface area contributed by atoms with E-state index in [0.29, 0.717) is 15.7 Å². The van der Waals surface area contributed by atoms with Crippen LogP contribution in [0, 0.1) is 6.92 Å². The third-order valence-electron chi connectivity index (χ3n) is 2.45. The third-order valence-corrected chi connectivity index (χ3v) is 4.92. The summed E-state index contributed by atoms with van der Waals surface area (Å²) in [6.07, 6.45) is 1.13. The molecule has 2 N–H and O–H groups in total. The number of aromatic nitrogens is 3. The lowest BCUT2D eigenvalue weighted by Crippen LogP contribution is -2.09. The van der Waals surface area contributed by atoms with Crippen LogP contribution in [-0.2, 0) is 9.84 Å². The van der Waals surface area contributed by atoms with Gasteiger partial charge >= 0.3 is 0 Å². The Hall–Kier alpha value is -1.48. The molecule has 7 nitrogen and oxygen atoms in total. The fraction of sp³-hybridized carbons (Fsp3) is 0.444. The van der Waals surface area contributed by atoms with E-state index in [9.17, 15) is 8.42 Å². The van der Waals surface area contributed by atoms with Crippen molar-refractivity contribution in [2.45, 2.75) is 19.1 Å². The van der Waals surface area contributed by atoms with Crippen molar-refractivity contribution in [2.75, 3.05) is 12.0 Å². The minimum Gasteiger partial charge on any atom is -0.375 e. The normalized spacial score (nSPS) is 13.7. The Bertz CT molecular complexity index is 674. The summed E-state index contributed by atoms with van der Waals surface area (Å²) in [5.74, 6) is 0.381. The van der Waals surface area contributed by atoms with Gasteiger partial charge in [-0.15, -0.1) is 0 Å². The molecule has 0 bridgehead atoms. The first-order valence-corrected chi connectivity index (χ1v) is 7.82. The van der Waals surface area contributed by atoms with Gasteiger partial charge in [0.2, 0.25) is 0 Å². The van der Waals surface area contributed by atoms with Gasteiger partial charge in [-0.2, -0.15) is 4.98 Å². The number of hydrogen-bond donors (Lipinski definition) is 1. The van der Waals surface area contributed by atoms with Gasteiger partial charge in [-0.05, 0) is 13.8 Å². The molecule has 1 atom stereocenters. The summed E-state index contributed by atoms with van der Waals surface area (Å²) in [7, 11) is -3.25. The van der Waals surface area contributed by atoms with E-state index >= 15 is 0 Å². The molecule has 0 amide bonds. The molecule has 0 aliphatic rings. The van der Waals surface area contributed by atoms with E-state index in [-0.39, 0.29) is 11.7 Å². The van der Waals surface area contributed by atoms with Crippen LogP contribution in [-0.4, -0.2) is 29.8 Å². The molecule has 0 aromatic carbocycles. The maximum Gasteiger partial charge on any atom is 0.270 e. The van der Waals surface area contributed by atoms with Crippen LogP contribution >= 0.6 is 11.3 Å². The van der Waals surface area contributed by atoms with Crippen LogP contribution in [0.1, 0.15) is 23.7 Å². The van der Waals surface area contributed by atoms with Crippen LogP contribution in [0.3, 0.4) is 0 Å². The van der Waals surface area contributed by atoms with Crippen molar-refractivity contribution in [3.05, 3.63) is 11.5 Å². The zero-order valence-corrected chi connectivity index (χ0v) is 11.7. The Morgan fingerprint density at radius 2 is 2.06 bits per heavy atom. The predicted molar refractivity (Wildman–Crippen MR) is 67.8 cm³/mol. The van der Waals surface area contributed by atoms with Gasteiger partial charge in [-0.1, -0.05) is 16.5 Å². The average Bonchev–Trinajstić information content (AvgIpc) is 2.82. The number of hydrogen-bond acceptors (Lipinski definition) is 8. The zero-order chi connectivity index (χ0) is 13.5. The number of nitrogens with two attached hydrogens (primary N) is 1. The molecule has 0 radical (unpaired) electrons. The van der Waals surface area contributed by atoms with Crippen LogP contribution in [0.2, 0.25) is 0 Å². The standard InChI is InChI=1S/C9H12N4O3S2/c1-4-6(17-9(10)11-4)8-12-7(13-16-8)5(2)18(3,14)15/h5H,1-3H3,(H2,10,11). The molecule has 1 unspecified atom stereocenters. The minimum absolute atomic E-state index is 0.138. The second-order valence-corrected chi connectivity index (χ2v) is 7.29. The number of aryl methyl sites for hydroxylation is 1. The van der Waals surface area contributed by atoms with Crippen molar-refractivity contribution in [3.8, 4) is 10.8 Å². The Morgan fingerprint density at radius 1 is 1.39 bits per heavy atom. The molecule has 0 saturated carbocycles. The molecular weight excluding hydrogens is 276 g/mol. The SMILES string of the molecule is Cc1nc(N)sc1-c1nc(C(C)S(C)(=O)=O)no1. The van der Waals surface area contributed by atoms with Crippen molar-refractivity contribution in [1.29, 1.82) is 0 Å². The number of sulfone groups is 1. The summed E-state index contributed by atoms with van der Waals surface area (Å²) >= 11 is 1.22. The molecule has 0 saturated heterocycles.